The van der Waals surface area contributed by atoms with Crippen LogP contribution in [0.1, 0.15) is 33.6 Å². The Labute approximate surface area is 109 Å². The number of nitrogens with two attached hydrogens (primary N) is 2. The van der Waals surface area contributed by atoms with Crippen LogP contribution in [0.25, 0.3) is 0 Å². The highest BCUT2D eigenvalue weighted by molar-refractivity contribution is 5.99. The molecular weight excluding hydrogens is 228 g/mol. The van der Waals surface area contributed by atoms with Gasteiger partial charge in [-0.05, 0) is 37.8 Å². The normalized spacial score (nSPS) is 14.5. The van der Waals surface area contributed by atoms with Crippen molar-refractivity contribution in [3.05, 3.63) is 24.4 Å². The Hall–Kier alpha value is -1.91. The summed E-state index contributed by atoms with van der Waals surface area (Å²) in [4.78, 5) is 12.6. The summed E-state index contributed by atoms with van der Waals surface area (Å²) < 4.78 is 0. The van der Waals surface area contributed by atoms with Gasteiger partial charge in [-0.1, -0.05) is 19.9 Å². The van der Waals surface area contributed by atoms with Gasteiger partial charge in [0.25, 0.3) is 0 Å². The van der Waals surface area contributed by atoms with E-state index < -0.39 is 0 Å². The Morgan fingerprint density at radius 2 is 1.83 bits per heavy atom. The summed E-state index contributed by atoms with van der Waals surface area (Å²) in [6.07, 6.45) is 9.89. The zero-order valence-corrected chi connectivity index (χ0v) is 11.4. The molecule has 0 unspecified atom stereocenters. The van der Waals surface area contributed by atoms with Crippen molar-refractivity contribution in [1.29, 1.82) is 5.41 Å². The average molecular weight is 252 g/mol. The van der Waals surface area contributed by atoms with Gasteiger partial charge in [-0.25, -0.2) is 4.99 Å². The SMILES string of the molecule is CC.CC(=N)\C=C/C(N)=N\C=C\C1CC1.NC=O. The molecule has 5 N–H and O–H groups in total. The molecule has 1 fully saturated rings. The maximum atomic E-state index is 8.58. The second-order valence-electron chi connectivity index (χ2n) is 3.39. The number of carbonyl (C=O) groups is 1. The van der Waals surface area contributed by atoms with Gasteiger partial charge >= 0.3 is 0 Å². The van der Waals surface area contributed by atoms with Gasteiger partial charge in [-0.15, -0.1) is 0 Å². The van der Waals surface area contributed by atoms with Gasteiger partial charge in [0.2, 0.25) is 6.41 Å². The lowest BCUT2D eigenvalue weighted by Gasteiger charge is -1.87. The highest BCUT2D eigenvalue weighted by atomic mass is 16.1. The highest BCUT2D eigenvalue weighted by Gasteiger charge is 2.16. The second kappa shape index (κ2) is 13.2. The standard InChI is InChI=1S/C10H15N3.C2H6.CH3NO/c1-8(11)2-5-10(12)13-7-6-9-3-4-9;1-2;2-1-3/h2,5-7,9,11H,3-4H2,1H3,(H2,12,13);1-2H3;1H,(H2,2,3)/b5-2-,7-6+,11-8?;;. The lowest BCUT2D eigenvalue weighted by Crippen LogP contribution is -2.07. The van der Waals surface area contributed by atoms with Crippen LogP contribution in [-0.2, 0) is 4.79 Å². The van der Waals surface area contributed by atoms with E-state index in [9.17, 15) is 0 Å². The monoisotopic (exact) mass is 252 g/mol. The Bertz CT molecular complexity index is 315. The van der Waals surface area contributed by atoms with Gasteiger partial charge in [0.15, 0.2) is 0 Å². The van der Waals surface area contributed by atoms with Gasteiger partial charge in [-0.2, -0.15) is 0 Å². The first-order valence-electron chi connectivity index (χ1n) is 5.98. The molecule has 0 radical (unpaired) electrons. The predicted octanol–water partition coefficient (Wildman–Crippen LogP) is 1.99. The zero-order valence-electron chi connectivity index (χ0n) is 11.4. The average Bonchev–Trinajstić information content (AvgIpc) is 3.14. The molecule has 1 rings (SSSR count). The maximum absolute atomic E-state index is 8.58. The van der Waals surface area contributed by atoms with E-state index in [-0.39, 0.29) is 6.41 Å². The van der Waals surface area contributed by atoms with Crippen LogP contribution >= 0.6 is 0 Å². The molecule has 1 aliphatic carbocycles. The van der Waals surface area contributed by atoms with Crippen molar-refractivity contribution in [1.82, 2.24) is 0 Å². The van der Waals surface area contributed by atoms with Gasteiger partial charge in [0.05, 0.1) is 0 Å². The van der Waals surface area contributed by atoms with Crippen molar-refractivity contribution < 1.29 is 4.79 Å². The minimum Gasteiger partial charge on any atom is -0.384 e. The molecule has 0 saturated heterocycles. The summed E-state index contributed by atoms with van der Waals surface area (Å²) in [6.45, 7) is 5.70. The molecule has 5 heteroatoms. The number of hydrogen-bond acceptors (Lipinski definition) is 3. The number of rotatable bonds is 4. The first-order chi connectivity index (χ1) is 8.60. The summed E-state index contributed by atoms with van der Waals surface area (Å²) in [5.74, 6) is 1.17. The van der Waals surface area contributed by atoms with E-state index in [1.807, 2.05) is 13.8 Å². The lowest BCUT2D eigenvalue weighted by molar-refractivity contribution is -0.106. The van der Waals surface area contributed by atoms with E-state index in [1.54, 1.807) is 25.3 Å². The molecule has 0 aromatic carbocycles. The Kier molecular flexibility index (Phi) is 13.5. The molecule has 1 saturated carbocycles. The smallest absolute Gasteiger partial charge is 0.204 e. The minimum atomic E-state index is 0.250. The van der Waals surface area contributed by atoms with Crippen molar-refractivity contribution in [2.75, 3.05) is 0 Å². The lowest BCUT2D eigenvalue weighted by atomic mass is 10.3. The Morgan fingerprint density at radius 3 is 2.22 bits per heavy atom. The molecule has 0 spiro atoms. The van der Waals surface area contributed by atoms with Gasteiger partial charge in [-0.3, -0.25) is 4.79 Å². The van der Waals surface area contributed by atoms with Gasteiger partial charge in [0.1, 0.15) is 5.84 Å². The van der Waals surface area contributed by atoms with Crippen LogP contribution < -0.4 is 11.5 Å². The van der Waals surface area contributed by atoms with Crippen LogP contribution in [0.3, 0.4) is 0 Å². The molecule has 102 valence electrons. The summed E-state index contributed by atoms with van der Waals surface area (Å²) >= 11 is 0. The van der Waals surface area contributed by atoms with Crippen molar-refractivity contribution >= 4 is 18.0 Å². The van der Waals surface area contributed by atoms with Crippen molar-refractivity contribution in [2.24, 2.45) is 22.4 Å². The quantitative estimate of drug-likeness (QED) is 0.404. The number of primary amides is 1. The van der Waals surface area contributed by atoms with Crippen LogP contribution in [0.2, 0.25) is 0 Å². The third-order valence-corrected chi connectivity index (χ3v) is 1.71. The van der Waals surface area contributed by atoms with E-state index in [1.165, 1.54) is 12.8 Å². The molecule has 1 amide bonds. The number of hydrogen-bond donors (Lipinski definition) is 3. The summed E-state index contributed by atoms with van der Waals surface area (Å²) in [6, 6.07) is 0. The second-order valence-corrected chi connectivity index (χ2v) is 3.39. The van der Waals surface area contributed by atoms with E-state index in [0.29, 0.717) is 11.5 Å². The Morgan fingerprint density at radius 1 is 1.33 bits per heavy atom. The van der Waals surface area contributed by atoms with Crippen LogP contribution in [-0.4, -0.2) is 18.0 Å². The number of nitrogens with zero attached hydrogens (tertiary/aromatic N) is 1. The van der Waals surface area contributed by atoms with Gasteiger partial charge in [0, 0.05) is 11.9 Å². The van der Waals surface area contributed by atoms with E-state index >= 15 is 0 Å². The van der Waals surface area contributed by atoms with E-state index in [0.717, 1.165) is 5.92 Å². The predicted molar refractivity (Wildman–Crippen MR) is 77.6 cm³/mol. The van der Waals surface area contributed by atoms with Crippen LogP contribution in [0, 0.1) is 11.3 Å². The molecular formula is C13H24N4O. The first-order valence-corrected chi connectivity index (χ1v) is 5.98. The van der Waals surface area contributed by atoms with Gasteiger partial charge < -0.3 is 16.9 Å². The first kappa shape index (κ1) is 18.5. The van der Waals surface area contributed by atoms with Crippen molar-refractivity contribution in [3.63, 3.8) is 0 Å². The molecule has 5 nitrogen and oxygen atoms in total. The number of nitrogens with one attached hydrogen (secondary N) is 1. The fraction of sp³-hybridized carbons (Fsp3) is 0.462. The van der Waals surface area contributed by atoms with E-state index in [2.05, 4.69) is 16.8 Å². The number of aliphatic imine (C=N–C) groups is 1. The van der Waals surface area contributed by atoms with Crippen LogP contribution in [0.15, 0.2) is 29.4 Å². The maximum Gasteiger partial charge on any atom is 0.204 e. The highest BCUT2D eigenvalue weighted by Crippen LogP contribution is 2.29. The molecule has 0 aromatic rings. The molecule has 0 heterocycles. The van der Waals surface area contributed by atoms with Crippen molar-refractivity contribution in [2.45, 2.75) is 33.6 Å². The number of amides is 1. The molecule has 0 atom stereocenters. The molecule has 18 heavy (non-hydrogen) atoms. The molecule has 0 aliphatic heterocycles. The third kappa shape index (κ3) is 16.5. The summed E-state index contributed by atoms with van der Waals surface area (Å²) in [5.41, 5.74) is 10.2. The number of carbonyl (C=O) groups excluding carboxylic acids is 1. The Balaban J connectivity index is 0. The topological polar surface area (TPSA) is 105 Å². The third-order valence-electron chi connectivity index (χ3n) is 1.71. The fourth-order valence-electron chi connectivity index (χ4n) is 0.793. The zero-order chi connectivity index (χ0) is 14.4. The molecule has 1 aliphatic rings. The van der Waals surface area contributed by atoms with Crippen LogP contribution in [0.4, 0.5) is 0 Å². The van der Waals surface area contributed by atoms with E-state index in [4.69, 9.17) is 15.9 Å². The summed E-state index contributed by atoms with van der Waals surface area (Å²) in [7, 11) is 0. The van der Waals surface area contributed by atoms with Crippen LogP contribution in [0.5, 0.6) is 0 Å². The molecule has 0 bridgehead atoms. The number of allylic oxidation sites excluding steroid dienone is 2. The van der Waals surface area contributed by atoms with Crippen molar-refractivity contribution in [3.8, 4) is 0 Å². The number of amidine groups is 1. The molecule has 0 aromatic heterocycles. The fourth-order valence-corrected chi connectivity index (χ4v) is 0.793. The summed E-state index contributed by atoms with van der Waals surface area (Å²) in [5, 5.41) is 7.13. The largest absolute Gasteiger partial charge is 0.384 e. The minimum absolute atomic E-state index is 0.250.